The second-order valence-electron chi connectivity index (χ2n) is 25.8. The molecule has 0 aromatic heterocycles. The molecule has 0 amide bonds. The first kappa shape index (κ1) is 60.1. The van der Waals surface area contributed by atoms with Gasteiger partial charge >= 0.3 is 0 Å². The molecule has 4 rings (SSSR count). The van der Waals surface area contributed by atoms with Gasteiger partial charge in [-0.05, 0) is 130 Å². The molecule has 0 spiro atoms. The van der Waals surface area contributed by atoms with Crippen LogP contribution in [-0.2, 0) is 36.7 Å². The average Bonchev–Trinajstić information content (AvgIpc) is 3.59. The normalized spacial score (nSPS) is 31.4. The molecule has 0 aromatic rings. The number of alkyl halides is 1. The highest BCUT2D eigenvalue weighted by Crippen LogP contribution is 2.48. The van der Waals surface area contributed by atoms with Crippen molar-refractivity contribution in [3.05, 3.63) is 24.5 Å². The fraction of sp³-hybridized carbons (Fsp3) is 0.925. The van der Waals surface area contributed by atoms with Crippen LogP contribution in [-0.4, -0.2) is 116 Å². The van der Waals surface area contributed by atoms with Crippen LogP contribution in [0.3, 0.4) is 0 Å². The minimum Gasteiger partial charge on any atom is -0.513 e. The molecule has 14 heteroatoms. The van der Waals surface area contributed by atoms with Crippen LogP contribution in [0.5, 0.6) is 0 Å². The monoisotopic (exact) mass is 1120 g/mol. The van der Waals surface area contributed by atoms with E-state index in [0.29, 0.717) is 0 Å². The number of hydrogen-bond acceptors (Lipinski definition) is 9. The van der Waals surface area contributed by atoms with Crippen LogP contribution in [0.2, 0.25) is 72.5 Å². The highest BCUT2D eigenvalue weighted by atomic mass is 127. The van der Waals surface area contributed by atoms with E-state index < -0.39 is 33.3 Å². The first-order valence-electron chi connectivity index (χ1n) is 26.7. The molecule has 0 saturated carbocycles. The summed E-state index contributed by atoms with van der Waals surface area (Å²) in [6.07, 6.45) is 12.7. The molecule has 4 aliphatic rings. The Kier molecular flexibility index (Phi) is 21.4. The third kappa shape index (κ3) is 15.1. The highest BCUT2D eigenvalue weighted by molar-refractivity contribution is 14.1. The van der Waals surface area contributed by atoms with Gasteiger partial charge in [0.2, 0.25) is 0 Å². The van der Waals surface area contributed by atoms with Gasteiger partial charge in [0.15, 0.2) is 33.3 Å². The van der Waals surface area contributed by atoms with Crippen LogP contribution in [0.15, 0.2) is 24.5 Å². The fourth-order valence-electron chi connectivity index (χ4n) is 9.79. The summed E-state index contributed by atoms with van der Waals surface area (Å²) < 4.78 is 59.1. The van der Waals surface area contributed by atoms with Gasteiger partial charge in [-0.15, -0.1) is 0 Å². The van der Waals surface area contributed by atoms with Gasteiger partial charge in [0, 0.05) is 23.4 Å². The minimum atomic E-state index is -2.39. The lowest BCUT2D eigenvalue weighted by molar-refractivity contribution is -0.267. The second-order valence-corrected chi connectivity index (χ2v) is 45.6. The molecule has 4 unspecified atom stereocenters. The minimum absolute atomic E-state index is 0.00344. The molecule has 0 bridgehead atoms. The predicted molar refractivity (Wildman–Crippen MR) is 298 cm³/mol. The summed E-state index contributed by atoms with van der Waals surface area (Å²) in [4.78, 5) is 0. The summed E-state index contributed by atoms with van der Waals surface area (Å²) in [6, 6.07) is 3.46. The van der Waals surface area contributed by atoms with Gasteiger partial charge in [0.25, 0.3) is 0 Å². The maximum Gasteiger partial charge on any atom is 0.193 e. The van der Waals surface area contributed by atoms with E-state index in [-0.39, 0.29) is 93.4 Å². The fourth-order valence-corrected chi connectivity index (χ4v) is 17.3. The largest absolute Gasteiger partial charge is 0.513 e. The van der Waals surface area contributed by atoms with Gasteiger partial charge < -0.3 is 41.8 Å². The van der Waals surface area contributed by atoms with Crippen molar-refractivity contribution in [3.63, 3.8) is 0 Å². The molecule has 0 aromatic carbocycles. The number of aliphatic hydroxyl groups excluding tert-OH is 1. The summed E-state index contributed by atoms with van der Waals surface area (Å²) in [5.41, 5.74) is -0.260. The van der Waals surface area contributed by atoms with Gasteiger partial charge in [0.05, 0.1) is 42.4 Å². The average molecular weight is 1120 g/mol. The summed E-state index contributed by atoms with van der Waals surface area (Å²) in [5, 5.41) is 9.97. The van der Waals surface area contributed by atoms with Gasteiger partial charge in [-0.3, -0.25) is 0 Å². The Balaban J connectivity index is 1.66. The Morgan fingerprint density at radius 3 is 1.87 bits per heavy atom. The molecule has 0 radical (unpaired) electrons. The quantitative estimate of drug-likeness (QED) is 0.0268. The van der Waals surface area contributed by atoms with Gasteiger partial charge in [0.1, 0.15) is 30.0 Å². The Labute approximate surface area is 429 Å². The number of hydrogen-bond donors (Lipinski definition) is 1. The van der Waals surface area contributed by atoms with E-state index in [9.17, 15) is 5.11 Å². The lowest BCUT2D eigenvalue weighted by atomic mass is 9.85. The lowest BCUT2D eigenvalue weighted by Gasteiger charge is -2.56. The number of unbranched alkanes of at least 4 members (excludes halogenated alkanes) is 1. The number of allylic oxidation sites excluding steroid dienone is 2. The Morgan fingerprint density at radius 1 is 0.761 bits per heavy atom. The van der Waals surface area contributed by atoms with Crippen LogP contribution in [0, 0.1) is 5.92 Å². The molecule has 12 atom stereocenters. The first-order chi connectivity index (χ1) is 30.8. The molecular formula is C53H103IO9Si4. The van der Waals surface area contributed by atoms with Crippen molar-refractivity contribution in [2.45, 2.75) is 293 Å². The number of halogens is 1. The van der Waals surface area contributed by atoms with Gasteiger partial charge in [-0.1, -0.05) is 131 Å². The maximum absolute atomic E-state index is 10.0. The topological polar surface area (TPSA) is 94.1 Å². The first-order valence-corrected chi connectivity index (χ1v) is 39.5. The highest BCUT2D eigenvalue weighted by Gasteiger charge is 2.58. The van der Waals surface area contributed by atoms with Gasteiger partial charge in [-0.25, -0.2) is 0 Å². The SMILES string of the molecule is C=C(O)[C@H](C)CC1CC[C@@H]2O[C@@H](CCC/C=C/[C@H](O[Si](C)(C)C(C)(C)C)[C@@H]3O[C@H]4CCC(CCO[Si](CC)(CC)CC)O[C@@H]4C(O[Si](C)(C)C(C)(C)C)C3O[Si](C)(C)C(C)(C)C)C[C@]2(CI)O1. The van der Waals surface area contributed by atoms with E-state index in [4.69, 9.17) is 36.7 Å². The van der Waals surface area contributed by atoms with Crippen LogP contribution in [0.25, 0.3) is 0 Å². The Bertz CT molecular complexity index is 1580. The predicted octanol–water partition coefficient (Wildman–Crippen LogP) is 15.2. The molecule has 9 nitrogen and oxygen atoms in total. The standard InChI is InChI=1S/C53H103IO9Si4/c1-21-67(22-2,23-3)56-34-33-40-29-31-43-46(58-40)48(62-65(17,18)51(9,10)11)49(63-66(19,20)52(12,13)14)47(59-43)44(61-64(15,16)50(6,7)8)28-26-24-25-27-42-36-53(37-54)45(57-42)32-30-41(60-53)35-38(4)39(5)55/h26,28,38,40-49,55H,5,21-25,27,29-37H2,1-4,6-20H3/b28-26+/t38-,40?,41?,42+,43+,44+,45+,46+,47+,48?,49?,53-/m1/s1. The number of fused-ring (bicyclic) bond motifs is 2. The Morgan fingerprint density at radius 2 is 1.33 bits per heavy atom. The summed E-state index contributed by atoms with van der Waals surface area (Å²) in [5.74, 6) is 0.272. The third-order valence-electron chi connectivity index (χ3n) is 17.9. The zero-order chi connectivity index (χ0) is 50.6. The zero-order valence-electron chi connectivity index (χ0n) is 46.4. The smallest absolute Gasteiger partial charge is 0.193 e. The van der Waals surface area contributed by atoms with E-state index >= 15 is 0 Å². The second kappa shape index (κ2) is 23.8. The van der Waals surface area contributed by atoms with Crippen LogP contribution >= 0.6 is 22.6 Å². The van der Waals surface area contributed by atoms with E-state index in [2.05, 4.69) is 164 Å². The lowest BCUT2D eigenvalue weighted by Crippen LogP contribution is -2.69. The molecule has 4 heterocycles. The van der Waals surface area contributed by atoms with Crippen LogP contribution < -0.4 is 0 Å². The molecule has 67 heavy (non-hydrogen) atoms. The third-order valence-corrected chi connectivity index (χ3v) is 37.3. The van der Waals surface area contributed by atoms with Crippen molar-refractivity contribution in [3.8, 4) is 0 Å². The molecule has 4 fully saturated rings. The molecule has 0 aliphatic carbocycles. The van der Waals surface area contributed by atoms with Crippen molar-refractivity contribution in [1.82, 2.24) is 0 Å². The number of ether oxygens (including phenoxy) is 4. The van der Waals surface area contributed by atoms with Crippen molar-refractivity contribution in [1.29, 1.82) is 0 Å². The van der Waals surface area contributed by atoms with Crippen LogP contribution in [0.1, 0.15) is 154 Å². The summed E-state index contributed by atoms with van der Waals surface area (Å²) in [6.45, 7) is 48.7. The van der Waals surface area contributed by atoms with E-state index in [1.165, 1.54) is 0 Å². The van der Waals surface area contributed by atoms with Crippen molar-refractivity contribution in [2.75, 3.05) is 11.0 Å². The van der Waals surface area contributed by atoms with Crippen molar-refractivity contribution < 1.29 is 41.8 Å². The number of rotatable bonds is 23. The Hall–Kier alpha value is 0.558. The zero-order valence-corrected chi connectivity index (χ0v) is 52.6. The molecular weight excluding hydrogens is 1020 g/mol. The maximum atomic E-state index is 10.0. The molecule has 4 saturated heterocycles. The van der Waals surface area contributed by atoms with E-state index in [1.807, 2.05) is 6.92 Å². The summed E-state index contributed by atoms with van der Waals surface area (Å²) in [7, 11) is -8.77. The molecule has 4 aliphatic heterocycles. The van der Waals surface area contributed by atoms with Crippen molar-refractivity contribution in [2.24, 2.45) is 5.92 Å². The van der Waals surface area contributed by atoms with Gasteiger partial charge in [-0.2, -0.15) is 0 Å². The number of aliphatic hydroxyl groups is 1. The summed E-state index contributed by atoms with van der Waals surface area (Å²) >= 11 is 2.49. The molecule has 392 valence electrons. The van der Waals surface area contributed by atoms with Crippen LogP contribution in [0.4, 0.5) is 0 Å². The van der Waals surface area contributed by atoms with E-state index in [0.717, 1.165) is 93.4 Å². The van der Waals surface area contributed by atoms with E-state index in [1.54, 1.807) is 0 Å². The van der Waals surface area contributed by atoms with Crippen molar-refractivity contribution >= 4 is 55.9 Å². The molecule has 1 N–H and O–H groups in total.